The number of benzene rings is 2. The zero-order valence-corrected chi connectivity index (χ0v) is 15.1. The van der Waals surface area contributed by atoms with Gasteiger partial charge in [-0.25, -0.2) is 18.3 Å². The maximum absolute atomic E-state index is 14.3. The van der Waals surface area contributed by atoms with Crippen molar-refractivity contribution < 1.29 is 13.2 Å². The standard InChI is InChI=1S/C15H9F3IN3OS/c1-6-4-7(19)2-3-10(6)20-13-8(14-21-22-15(23)24-14)5-9(16)11(17)12(13)18/h2-5,20H,1H3,(H,22,23). The number of aryl methyl sites for hydroxylation is 1. The molecule has 0 atom stereocenters. The molecule has 1 heterocycles. The minimum atomic E-state index is -1.59. The second-order valence-electron chi connectivity index (χ2n) is 4.91. The normalized spacial score (nSPS) is 10.9. The van der Waals surface area contributed by atoms with E-state index in [9.17, 15) is 18.0 Å². The second-order valence-corrected chi connectivity index (χ2v) is 7.12. The third-order valence-electron chi connectivity index (χ3n) is 3.28. The van der Waals surface area contributed by atoms with Crippen LogP contribution in [0, 0.1) is 27.9 Å². The number of aromatic amines is 1. The van der Waals surface area contributed by atoms with Crippen molar-refractivity contribution in [2.24, 2.45) is 0 Å². The number of nitrogens with one attached hydrogen (secondary N) is 2. The summed E-state index contributed by atoms with van der Waals surface area (Å²) >= 11 is 2.81. The average molecular weight is 463 g/mol. The molecule has 9 heteroatoms. The Kier molecular flexibility index (Phi) is 4.63. The summed E-state index contributed by atoms with van der Waals surface area (Å²) in [6.45, 7) is 1.80. The topological polar surface area (TPSA) is 57.8 Å². The van der Waals surface area contributed by atoms with E-state index in [1.165, 1.54) is 0 Å². The van der Waals surface area contributed by atoms with E-state index in [1.54, 1.807) is 19.1 Å². The van der Waals surface area contributed by atoms with Gasteiger partial charge in [0.15, 0.2) is 22.5 Å². The molecule has 3 rings (SSSR count). The van der Waals surface area contributed by atoms with Gasteiger partial charge in [0.1, 0.15) is 0 Å². The Labute approximate surface area is 151 Å². The molecule has 0 fully saturated rings. The third-order valence-corrected chi connectivity index (χ3v) is 4.73. The number of H-pyrrole nitrogens is 1. The molecule has 3 aromatic rings. The van der Waals surface area contributed by atoms with E-state index >= 15 is 0 Å². The van der Waals surface area contributed by atoms with Gasteiger partial charge in [0.25, 0.3) is 0 Å². The van der Waals surface area contributed by atoms with Crippen molar-refractivity contribution in [3.63, 3.8) is 0 Å². The van der Waals surface area contributed by atoms with Gasteiger partial charge in [0.05, 0.1) is 5.69 Å². The van der Waals surface area contributed by atoms with Crippen molar-refractivity contribution in [2.75, 3.05) is 5.32 Å². The first kappa shape index (κ1) is 17.0. The Morgan fingerprint density at radius 2 is 1.96 bits per heavy atom. The van der Waals surface area contributed by atoms with Crippen LogP contribution >= 0.6 is 33.9 Å². The van der Waals surface area contributed by atoms with E-state index in [4.69, 9.17) is 0 Å². The highest BCUT2D eigenvalue weighted by atomic mass is 127. The van der Waals surface area contributed by atoms with Crippen LogP contribution in [0.1, 0.15) is 5.56 Å². The minimum absolute atomic E-state index is 0.0345. The monoisotopic (exact) mass is 463 g/mol. The maximum Gasteiger partial charge on any atom is 0.322 e. The van der Waals surface area contributed by atoms with E-state index < -0.39 is 22.3 Å². The zero-order chi connectivity index (χ0) is 17.4. The molecule has 0 aliphatic rings. The van der Waals surface area contributed by atoms with Crippen LogP contribution in [0.25, 0.3) is 10.6 Å². The van der Waals surface area contributed by atoms with Gasteiger partial charge < -0.3 is 5.32 Å². The third kappa shape index (κ3) is 3.18. The lowest BCUT2D eigenvalue weighted by molar-refractivity contribution is 0.450. The molecule has 0 bridgehead atoms. The highest BCUT2D eigenvalue weighted by Gasteiger charge is 2.22. The molecule has 0 unspecified atom stereocenters. The van der Waals surface area contributed by atoms with E-state index in [2.05, 4.69) is 38.1 Å². The Bertz CT molecular complexity index is 987. The van der Waals surface area contributed by atoms with Crippen LogP contribution in [0.2, 0.25) is 0 Å². The van der Waals surface area contributed by atoms with Crippen LogP contribution in [0.4, 0.5) is 24.5 Å². The van der Waals surface area contributed by atoms with E-state index in [1.807, 2.05) is 6.07 Å². The summed E-state index contributed by atoms with van der Waals surface area (Å²) < 4.78 is 42.6. The van der Waals surface area contributed by atoms with Crippen molar-refractivity contribution in [1.29, 1.82) is 0 Å². The molecule has 0 saturated heterocycles. The number of rotatable bonds is 3. The van der Waals surface area contributed by atoms with Crippen LogP contribution in [0.15, 0.2) is 29.1 Å². The molecule has 24 heavy (non-hydrogen) atoms. The Morgan fingerprint density at radius 1 is 1.21 bits per heavy atom. The van der Waals surface area contributed by atoms with Gasteiger partial charge in [0.2, 0.25) is 0 Å². The lowest BCUT2D eigenvalue weighted by Gasteiger charge is -2.14. The Balaban J connectivity index is 2.18. The van der Waals surface area contributed by atoms with Gasteiger partial charge in [-0.1, -0.05) is 11.3 Å². The molecule has 2 N–H and O–H groups in total. The summed E-state index contributed by atoms with van der Waals surface area (Å²) in [5, 5.41) is 8.73. The number of nitrogens with zero attached hydrogens (tertiary/aromatic N) is 1. The smallest absolute Gasteiger partial charge is 0.322 e. The van der Waals surface area contributed by atoms with Crippen molar-refractivity contribution in [2.45, 2.75) is 6.92 Å². The minimum Gasteiger partial charge on any atom is -0.352 e. The number of anilines is 2. The van der Waals surface area contributed by atoms with Crippen LogP contribution in [0.3, 0.4) is 0 Å². The fourth-order valence-corrected chi connectivity index (χ4v) is 3.41. The van der Waals surface area contributed by atoms with E-state index in [0.29, 0.717) is 17.0 Å². The van der Waals surface area contributed by atoms with Gasteiger partial charge in [0, 0.05) is 14.8 Å². The summed E-state index contributed by atoms with van der Waals surface area (Å²) in [6, 6.07) is 6.16. The fraction of sp³-hybridized carbons (Fsp3) is 0.0667. The maximum atomic E-state index is 14.3. The molecule has 0 spiro atoms. The van der Waals surface area contributed by atoms with Crippen LogP contribution < -0.4 is 10.2 Å². The lowest BCUT2D eigenvalue weighted by atomic mass is 10.1. The van der Waals surface area contributed by atoms with Crippen LogP contribution in [-0.4, -0.2) is 10.2 Å². The van der Waals surface area contributed by atoms with E-state index in [-0.39, 0.29) is 16.3 Å². The SMILES string of the molecule is Cc1cc(I)ccc1Nc1c(-c2n[nH]c(=O)s2)cc(F)c(F)c1F. The average Bonchev–Trinajstić information content (AvgIpc) is 2.96. The van der Waals surface area contributed by atoms with Crippen LogP contribution in [0.5, 0.6) is 0 Å². The van der Waals surface area contributed by atoms with Crippen molar-refractivity contribution in [3.05, 3.63) is 60.5 Å². The molecule has 0 amide bonds. The van der Waals surface area contributed by atoms with E-state index in [0.717, 1.165) is 15.2 Å². The van der Waals surface area contributed by atoms with Gasteiger partial charge in [-0.15, -0.1) is 0 Å². The fourth-order valence-electron chi connectivity index (χ4n) is 2.13. The number of halogens is 4. The summed E-state index contributed by atoms with van der Waals surface area (Å²) in [5.41, 5.74) is 1.02. The highest BCUT2D eigenvalue weighted by molar-refractivity contribution is 14.1. The molecule has 0 saturated carbocycles. The predicted octanol–water partition coefficient (Wildman–Crippen LogP) is 4.57. The second kappa shape index (κ2) is 6.55. The lowest BCUT2D eigenvalue weighted by Crippen LogP contribution is -2.03. The Morgan fingerprint density at radius 3 is 2.58 bits per heavy atom. The molecule has 124 valence electrons. The van der Waals surface area contributed by atoms with Gasteiger partial charge in [-0.05, 0) is 59.3 Å². The molecule has 1 aromatic heterocycles. The van der Waals surface area contributed by atoms with Gasteiger partial charge in [-0.3, -0.25) is 4.79 Å². The van der Waals surface area contributed by atoms with Crippen molar-refractivity contribution >= 4 is 45.3 Å². The first-order valence-corrected chi connectivity index (χ1v) is 8.53. The molecule has 0 radical (unpaired) electrons. The quantitative estimate of drug-likeness (QED) is 0.442. The number of hydrogen-bond acceptors (Lipinski definition) is 4. The van der Waals surface area contributed by atoms with Gasteiger partial charge >= 0.3 is 4.87 Å². The molecule has 0 aliphatic heterocycles. The van der Waals surface area contributed by atoms with Gasteiger partial charge in [-0.2, -0.15) is 5.10 Å². The summed E-state index contributed by atoms with van der Waals surface area (Å²) in [4.78, 5) is 10.8. The number of hydrogen-bond donors (Lipinski definition) is 2. The number of aromatic nitrogens is 2. The summed E-state index contributed by atoms with van der Waals surface area (Å²) in [5.74, 6) is -4.31. The first-order valence-electron chi connectivity index (χ1n) is 6.63. The molecule has 4 nitrogen and oxygen atoms in total. The largest absolute Gasteiger partial charge is 0.352 e. The molecular weight excluding hydrogens is 454 g/mol. The summed E-state index contributed by atoms with van der Waals surface area (Å²) in [7, 11) is 0. The summed E-state index contributed by atoms with van der Waals surface area (Å²) in [6.07, 6.45) is 0. The van der Waals surface area contributed by atoms with Crippen molar-refractivity contribution in [3.8, 4) is 10.6 Å². The first-order chi connectivity index (χ1) is 11.4. The van der Waals surface area contributed by atoms with Crippen LogP contribution in [-0.2, 0) is 0 Å². The molecular formula is C15H9F3IN3OS. The molecule has 0 aliphatic carbocycles. The molecule has 2 aromatic carbocycles. The van der Waals surface area contributed by atoms with Crippen molar-refractivity contribution in [1.82, 2.24) is 10.2 Å². The predicted molar refractivity (Wildman–Crippen MR) is 95.2 cm³/mol. The Hall–Kier alpha value is -1.88. The highest BCUT2D eigenvalue weighted by Crippen LogP contribution is 2.36. The zero-order valence-electron chi connectivity index (χ0n) is 12.1.